The fourth-order valence-corrected chi connectivity index (χ4v) is 3.20. The number of nitrogens with one attached hydrogen (secondary N) is 1. The first-order valence-corrected chi connectivity index (χ1v) is 9.09. The molecule has 24 heavy (non-hydrogen) atoms. The molecular weight excluding hydrogens is 322 g/mol. The third-order valence-electron chi connectivity index (χ3n) is 3.51. The molecule has 1 amide bonds. The van der Waals surface area contributed by atoms with Crippen molar-refractivity contribution in [1.82, 2.24) is 10.3 Å². The number of nitrogens with zero attached hydrogens (tertiary/aromatic N) is 1. The summed E-state index contributed by atoms with van der Waals surface area (Å²) in [5.74, 6) is 1.09. The van der Waals surface area contributed by atoms with Crippen molar-refractivity contribution in [2.24, 2.45) is 11.7 Å². The number of hydrogen-bond donors (Lipinski definition) is 2. The summed E-state index contributed by atoms with van der Waals surface area (Å²) in [5.41, 5.74) is 7.49. The first-order chi connectivity index (χ1) is 11.5. The molecule has 2 rings (SSSR count). The van der Waals surface area contributed by atoms with Crippen molar-refractivity contribution in [2.45, 2.75) is 39.8 Å². The Labute approximate surface area is 147 Å². The van der Waals surface area contributed by atoms with Gasteiger partial charge in [0, 0.05) is 17.5 Å². The molecule has 3 N–H and O–H groups in total. The SMILES string of the molecule is CCOc1ccccc1CNC(=O)c1csc(C(N)CC(C)C)n1. The molecule has 6 heteroatoms. The standard InChI is InChI=1S/C18H25N3O2S/c1-4-23-16-8-6-5-7-13(16)10-20-17(22)15-11-24-18(21-15)14(19)9-12(2)3/h5-8,11-12,14H,4,9-10,19H2,1-3H3,(H,20,22). The van der Waals surface area contributed by atoms with Crippen molar-refractivity contribution < 1.29 is 9.53 Å². The summed E-state index contributed by atoms with van der Waals surface area (Å²) in [6.45, 7) is 7.18. The molecule has 1 atom stereocenters. The molecule has 2 aromatic rings. The van der Waals surface area contributed by atoms with Gasteiger partial charge in [0.25, 0.3) is 5.91 Å². The average Bonchev–Trinajstić information content (AvgIpc) is 3.03. The molecule has 0 spiro atoms. The lowest BCUT2D eigenvalue weighted by atomic mass is 10.1. The van der Waals surface area contributed by atoms with E-state index in [-0.39, 0.29) is 11.9 Å². The van der Waals surface area contributed by atoms with Crippen LogP contribution in [-0.2, 0) is 6.54 Å². The maximum absolute atomic E-state index is 12.3. The zero-order valence-electron chi connectivity index (χ0n) is 14.4. The van der Waals surface area contributed by atoms with Crippen molar-refractivity contribution in [2.75, 3.05) is 6.61 Å². The number of carbonyl (C=O) groups is 1. The number of nitrogens with two attached hydrogens (primary N) is 1. The van der Waals surface area contributed by atoms with E-state index in [9.17, 15) is 4.79 Å². The van der Waals surface area contributed by atoms with Crippen molar-refractivity contribution >= 4 is 17.2 Å². The fraction of sp³-hybridized carbons (Fsp3) is 0.444. The van der Waals surface area contributed by atoms with Gasteiger partial charge in [0.15, 0.2) is 0 Å². The smallest absolute Gasteiger partial charge is 0.271 e. The number of ether oxygens (including phenoxy) is 1. The third-order valence-corrected chi connectivity index (χ3v) is 4.49. The van der Waals surface area contributed by atoms with E-state index in [0.29, 0.717) is 24.8 Å². The number of aromatic nitrogens is 1. The Kier molecular flexibility index (Phi) is 6.75. The minimum Gasteiger partial charge on any atom is -0.494 e. The fourth-order valence-electron chi connectivity index (χ4n) is 2.38. The van der Waals surface area contributed by atoms with Crippen LogP contribution in [0.15, 0.2) is 29.6 Å². The van der Waals surface area contributed by atoms with E-state index >= 15 is 0 Å². The first-order valence-electron chi connectivity index (χ1n) is 8.21. The highest BCUT2D eigenvalue weighted by atomic mass is 32.1. The van der Waals surface area contributed by atoms with Crippen LogP contribution >= 0.6 is 11.3 Å². The lowest BCUT2D eigenvalue weighted by Crippen LogP contribution is -2.23. The van der Waals surface area contributed by atoms with Crippen LogP contribution in [0.4, 0.5) is 0 Å². The number of carbonyl (C=O) groups excluding carboxylic acids is 1. The number of rotatable bonds is 8. The van der Waals surface area contributed by atoms with Crippen LogP contribution in [0.2, 0.25) is 0 Å². The summed E-state index contributed by atoms with van der Waals surface area (Å²) in [7, 11) is 0. The van der Waals surface area contributed by atoms with Crippen molar-refractivity contribution in [3.05, 3.63) is 45.9 Å². The van der Waals surface area contributed by atoms with Gasteiger partial charge < -0.3 is 15.8 Å². The molecular formula is C18H25N3O2S. The molecule has 0 aliphatic rings. The van der Waals surface area contributed by atoms with Crippen LogP contribution in [0.1, 0.15) is 54.3 Å². The number of thiazole rings is 1. The maximum atomic E-state index is 12.3. The van der Waals surface area contributed by atoms with Crippen molar-refractivity contribution in [3.8, 4) is 5.75 Å². The van der Waals surface area contributed by atoms with Gasteiger partial charge in [-0.15, -0.1) is 11.3 Å². The van der Waals surface area contributed by atoms with Crippen LogP contribution in [-0.4, -0.2) is 17.5 Å². The predicted octanol–water partition coefficient (Wildman–Crippen LogP) is 3.52. The second-order valence-corrected chi connectivity index (χ2v) is 6.92. The molecule has 1 aromatic carbocycles. The second kappa shape index (κ2) is 8.80. The highest BCUT2D eigenvalue weighted by Gasteiger charge is 2.16. The van der Waals surface area contributed by atoms with Gasteiger partial charge in [-0.3, -0.25) is 4.79 Å². The molecule has 5 nitrogen and oxygen atoms in total. The largest absolute Gasteiger partial charge is 0.494 e. The normalized spacial score (nSPS) is 12.2. The predicted molar refractivity (Wildman–Crippen MR) is 97.3 cm³/mol. The average molecular weight is 347 g/mol. The highest BCUT2D eigenvalue weighted by Crippen LogP contribution is 2.22. The van der Waals surface area contributed by atoms with Crippen molar-refractivity contribution in [1.29, 1.82) is 0 Å². The van der Waals surface area contributed by atoms with E-state index in [0.717, 1.165) is 22.7 Å². The minimum absolute atomic E-state index is 0.116. The van der Waals surface area contributed by atoms with Gasteiger partial charge in [-0.2, -0.15) is 0 Å². The summed E-state index contributed by atoms with van der Waals surface area (Å²) in [5, 5.41) is 5.46. The highest BCUT2D eigenvalue weighted by molar-refractivity contribution is 7.09. The van der Waals surface area contributed by atoms with E-state index < -0.39 is 0 Å². The zero-order chi connectivity index (χ0) is 17.5. The molecule has 1 unspecified atom stereocenters. The molecule has 0 fully saturated rings. The van der Waals surface area contributed by atoms with Gasteiger partial charge >= 0.3 is 0 Å². The Bertz CT molecular complexity index is 670. The Morgan fingerprint density at radius 3 is 2.83 bits per heavy atom. The second-order valence-electron chi connectivity index (χ2n) is 6.03. The van der Waals surface area contributed by atoms with Gasteiger partial charge in [-0.05, 0) is 25.3 Å². The Balaban J connectivity index is 1.97. The molecule has 0 bridgehead atoms. The summed E-state index contributed by atoms with van der Waals surface area (Å²) in [6, 6.07) is 7.57. The summed E-state index contributed by atoms with van der Waals surface area (Å²) in [4.78, 5) is 16.7. The van der Waals surface area contributed by atoms with E-state index in [2.05, 4.69) is 24.1 Å². The summed E-state index contributed by atoms with van der Waals surface area (Å²) < 4.78 is 5.57. The molecule has 0 aliphatic carbocycles. The Hall–Kier alpha value is -1.92. The summed E-state index contributed by atoms with van der Waals surface area (Å²) >= 11 is 1.44. The minimum atomic E-state index is -0.194. The summed E-state index contributed by atoms with van der Waals surface area (Å²) in [6.07, 6.45) is 0.857. The van der Waals surface area contributed by atoms with E-state index in [1.807, 2.05) is 31.2 Å². The van der Waals surface area contributed by atoms with Crippen LogP contribution in [0.5, 0.6) is 5.75 Å². The van der Waals surface area contributed by atoms with Gasteiger partial charge in [0.1, 0.15) is 16.5 Å². The van der Waals surface area contributed by atoms with Crippen LogP contribution in [0.25, 0.3) is 0 Å². The van der Waals surface area contributed by atoms with Crippen molar-refractivity contribution in [3.63, 3.8) is 0 Å². The molecule has 0 aliphatic heterocycles. The number of benzene rings is 1. The van der Waals surface area contributed by atoms with E-state index in [1.54, 1.807) is 5.38 Å². The van der Waals surface area contributed by atoms with Gasteiger partial charge in [0.05, 0.1) is 12.6 Å². The number of para-hydroxylation sites is 1. The molecule has 0 radical (unpaired) electrons. The topological polar surface area (TPSA) is 77.2 Å². The van der Waals surface area contributed by atoms with Crippen LogP contribution < -0.4 is 15.8 Å². The number of amides is 1. The molecule has 1 heterocycles. The molecule has 1 aromatic heterocycles. The van der Waals surface area contributed by atoms with Gasteiger partial charge in [-0.25, -0.2) is 4.98 Å². The van der Waals surface area contributed by atoms with E-state index in [4.69, 9.17) is 10.5 Å². The molecule has 130 valence electrons. The maximum Gasteiger partial charge on any atom is 0.271 e. The third kappa shape index (κ3) is 5.04. The Morgan fingerprint density at radius 1 is 1.38 bits per heavy atom. The van der Waals surface area contributed by atoms with Gasteiger partial charge in [-0.1, -0.05) is 32.0 Å². The van der Waals surface area contributed by atoms with E-state index in [1.165, 1.54) is 11.3 Å². The zero-order valence-corrected chi connectivity index (χ0v) is 15.2. The Morgan fingerprint density at radius 2 is 2.12 bits per heavy atom. The van der Waals surface area contributed by atoms with Gasteiger partial charge in [0.2, 0.25) is 0 Å². The first kappa shape index (κ1) is 18.4. The lowest BCUT2D eigenvalue weighted by Gasteiger charge is -2.11. The molecule has 0 saturated heterocycles. The quantitative estimate of drug-likeness (QED) is 0.766. The number of hydrogen-bond acceptors (Lipinski definition) is 5. The monoisotopic (exact) mass is 347 g/mol. The van der Waals surface area contributed by atoms with Crippen LogP contribution in [0.3, 0.4) is 0 Å². The lowest BCUT2D eigenvalue weighted by molar-refractivity contribution is 0.0946. The van der Waals surface area contributed by atoms with Crippen LogP contribution in [0, 0.1) is 5.92 Å². The molecule has 0 saturated carbocycles.